The standard InChI is InChI=1S/C22H32N6O4/c1-4-5-13-27(18-19(23)28(14-15(2)3)22(32)26-20(18)30)17(29)11-12-24-21(31)25-16-9-7-6-8-10-16/h6-10,15H,4-5,11-14,23H2,1-3H3,(H2,24,25,31)(H,26,30,32). The highest BCUT2D eigenvalue weighted by atomic mass is 16.2. The first kappa shape index (κ1) is 24.7. The molecule has 0 aliphatic carbocycles. The van der Waals surface area contributed by atoms with E-state index in [-0.39, 0.29) is 42.8 Å². The lowest BCUT2D eigenvalue weighted by Gasteiger charge is -2.25. The van der Waals surface area contributed by atoms with E-state index in [1.165, 1.54) is 9.47 Å². The maximum Gasteiger partial charge on any atom is 0.330 e. The molecular formula is C22H32N6O4. The minimum absolute atomic E-state index is 0.0302. The molecule has 0 bridgehead atoms. The lowest BCUT2D eigenvalue weighted by atomic mass is 10.2. The number of rotatable bonds is 10. The van der Waals surface area contributed by atoms with Gasteiger partial charge in [0.05, 0.1) is 0 Å². The van der Waals surface area contributed by atoms with Gasteiger partial charge in [-0.05, 0) is 24.5 Å². The third-order valence-corrected chi connectivity index (χ3v) is 4.72. The van der Waals surface area contributed by atoms with Gasteiger partial charge in [0.15, 0.2) is 5.69 Å². The summed E-state index contributed by atoms with van der Waals surface area (Å²) in [6.45, 7) is 6.46. The van der Waals surface area contributed by atoms with Crippen molar-refractivity contribution in [3.8, 4) is 0 Å². The number of H-pyrrole nitrogens is 1. The van der Waals surface area contributed by atoms with E-state index in [9.17, 15) is 19.2 Å². The number of aromatic amines is 1. The lowest BCUT2D eigenvalue weighted by Crippen LogP contribution is -2.43. The molecule has 3 amide bonds. The largest absolute Gasteiger partial charge is 0.383 e. The van der Waals surface area contributed by atoms with Crippen LogP contribution < -0.4 is 32.5 Å². The molecule has 0 saturated heterocycles. The molecular weight excluding hydrogens is 412 g/mol. The fraction of sp³-hybridized carbons (Fsp3) is 0.455. The number of aromatic nitrogens is 2. The van der Waals surface area contributed by atoms with E-state index in [0.29, 0.717) is 18.7 Å². The van der Waals surface area contributed by atoms with E-state index in [0.717, 1.165) is 6.42 Å². The predicted octanol–water partition coefficient (Wildman–Crippen LogP) is 2.12. The Bertz CT molecular complexity index is 1030. The van der Waals surface area contributed by atoms with Gasteiger partial charge >= 0.3 is 11.7 Å². The summed E-state index contributed by atoms with van der Waals surface area (Å²) in [5.41, 5.74) is 5.47. The zero-order valence-electron chi connectivity index (χ0n) is 18.8. The summed E-state index contributed by atoms with van der Waals surface area (Å²) in [5.74, 6) is -0.294. The molecule has 2 rings (SSSR count). The smallest absolute Gasteiger partial charge is 0.330 e. The van der Waals surface area contributed by atoms with Crippen molar-refractivity contribution >= 4 is 29.1 Å². The van der Waals surface area contributed by atoms with Gasteiger partial charge in [-0.3, -0.25) is 19.1 Å². The first-order valence-electron chi connectivity index (χ1n) is 10.8. The highest BCUT2D eigenvalue weighted by Gasteiger charge is 2.24. The van der Waals surface area contributed by atoms with Gasteiger partial charge in [0.25, 0.3) is 5.56 Å². The van der Waals surface area contributed by atoms with Crippen LogP contribution in [0, 0.1) is 5.92 Å². The van der Waals surface area contributed by atoms with Crippen LogP contribution in [0.2, 0.25) is 0 Å². The molecule has 2 aromatic rings. The minimum Gasteiger partial charge on any atom is -0.383 e. The van der Waals surface area contributed by atoms with Crippen molar-refractivity contribution in [1.82, 2.24) is 14.9 Å². The van der Waals surface area contributed by atoms with E-state index in [1.807, 2.05) is 26.8 Å². The Balaban J connectivity index is 2.15. The molecule has 1 heterocycles. The van der Waals surface area contributed by atoms with Crippen molar-refractivity contribution in [3.63, 3.8) is 0 Å². The summed E-state index contributed by atoms with van der Waals surface area (Å²) in [4.78, 5) is 53.4. The van der Waals surface area contributed by atoms with Crippen LogP contribution in [0.3, 0.4) is 0 Å². The summed E-state index contributed by atoms with van der Waals surface area (Å²) in [6, 6.07) is 8.49. The van der Waals surface area contributed by atoms with E-state index >= 15 is 0 Å². The highest BCUT2D eigenvalue weighted by Crippen LogP contribution is 2.19. The normalized spacial score (nSPS) is 10.8. The van der Waals surface area contributed by atoms with Crippen molar-refractivity contribution in [2.45, 2.75) is 46.6 Å². The number of nitrogens with two attached hydrogens (primary N) is 1. The number of amides is 3. The summed E-state index contributed by atoms with van der Waals surface area (Å²) in [7, 11) is 0. The van der Waals surface area contributed by atoms with Crippen LogP contribution in [-0.4, -0.2) is 34.6 Å². The second-order valence-electron chi connectivity index (χ2n) is 7.89. The summed E-state index contributed by atoms with van der Waals surface area (Å²) >= 11 is 0. The molecule has 174 valence electrons. The van der Waals surface area contributed by atoms with Crippen molar-refractivity contribution in [3.05, 3.63) is 51.2 Å². The third kappa shape index (κ3) is 6.73. The minimum atomic E-state index is -0.702. The number of nitrogen functional groups attached to an aromatic ring is 1. The average Bonchev–Trinajstić information content (AvgIpc) is 2.73. The van der Waals surface area contributed by atoms with Gasteiger partial charge in [-0.15, -0.1) is 0 Å². The monoisotopic (exact) mass is 444 g/mol. The van der Waals surface area contributed by atoms with E-state index in [4.69, 9.17) is 5.73 Å². The van der Waals surface area contributed by atoms with Crippen LogP contribution in [0.25, 0.3) is 0 Å². The SMILES string of the molecule is CCCCN(C(=O)CCNC(=O)Nc1ccccc1)c1c(N)n(CC(C)C)c(=O)[nH]c1=O. The zero-order chi connectivity index (χ0) is 23.7. The van der Waals surface area contributed by atoms with E-state index in [1.54, 1.807) is 24.3 Å². The number of hydrogen-bond donors (Lipinski definition) is 4. The molecule has 0 saturated carbocycles. The topological polar surface area (TPSA) is 142 Å². The van der Waals surface area contributed by atoms with Gasteiger partial charge in [-0.25, -0.2) is 9.59 Å². The number of urea groups is 1. The molecule has 32 heavy (non-hydrogen) atoms. The first-order chi connectivity index (χ1) is 15.2. The third-order valence-electron chi connectivity index (χ3n) is 4.72. The second kappa shape index (κ2) is 11.7. The van der Waals surface area contributed by atoms with Gasteiger partial charge in [-0.2, -0.15) is 0 Å². The Labute approximate surface area is 186 Å². The van der Waals surface area contributed by atoms with Gasteiger partial charge < -0.3 is 21.3 Å². The molecule has 0 unspecified atom stereocenters. The van der Waals surface area contributed by atoms with Crippen LogP contribution in [0.4, 0.5) is 22.0 Å². The molecule has 0 spiro atoms. The number of hydrogen-bond acceptors (Lipinski definition) is 5. The molecule has 0 fully saturated rings. The number of para-hydroxylation sites is 1. The van der Waals surface area contributed by atoms with E-state index < -0.39 is 17.3 Å². The summed E-state index contributed by atoms with van der Waals surface area (Å²) < 4.78 is 1.28. The van der Waals surface area contributed by atoms with Gasteiger partial charge in [0, 0.05) is 31.7 Å². The lowest BCUT2D eigenvalue weighted by molar-refractivity contribution is -0.118. The van der Waals surface area contributed by atoms with Gasteiger partial charge in [0.2, 0.25) is 5.91 Å². The summed E-state index contributed by atoms with van der Waals surface area (Å²) in [5, 5.41) is 5.30. The number of nitrogens with zero attached hydrogens (tertiary/aromatic N) is 2. The molecule has 0 aliphatic rings. The van der Waals surface area contributed by atoms with Crippen molar-refractivity contribution in [2.75, 3.05) is 29.0 Å². The fourth-order valence-corrected chi connectivity index (χ4v) is 3.18. The molecule has 1 aromatic carbocycles. The number of unbranched alkanes of at least 4 members (excludes halogenated alkanes) is 1. The molecule has 0 radical (unpaired) electrons. The maximum atomic E-state index is 13.0. The predicted molar refractivity (Wildman–Crippen MR) is 126 cm³/mol. The average molecular weight is 445 g/mol. The Morgan fingerprint density at radius 1 is 1.19 bits per heavy atom. The molecule has 0 atom stereocenters. The highest BCUT2D eigenvalue weighted by molar-refractivity contribution is 5.96. The van der Waals surface area contributed by atoms with Crippen LogP contribution in [-0.2, 0) is 11.3 Å². The number of carbonyl (C=O) groups excluding carboxylic acids is 2. The molecule has 10 nitrogen and oxygen atoms in total. The number of nitrogens with one attached hydrogen (secondary N) is 3. The first-order valence-corrected chi connectivity index (χ1v) is 10.8. The summed E-state index contributed by atoms with van der Waals surface area (Å²) in [6.07, 6.45) is 1.41. The Morgan fingerprint density at radius 3 is 2.50 bits per heavy atom. The fourth-order valence-electron chi connectivity index (χ4n) is 3.18. The van der Waals surface area contributed by atoms with Crippen molar-refractivity contribution in [2.24, 2.45) is 5.92 Å². The molecule has 5 N–H and O–H groups in total. The van der Waals surface area contributed by atoms with E-state index in [2.05, 4.69) is 15.6 Å². The maximum absolute atomic E-state index is 13.0. The van der Waals surface area contributed by atoms with Crippen molar-refractivity contribution < 1.29 is 9.59 Å². The van der Waals surface area contributed by atoms with Gasteiger partial charge in [-0.1, -0.05) is 45.4 Å². The van der Waals surface area contributed by atoms with Crippen LogP contribution in [0.15, 0.2) is 39.9 Å². The molecule has 1 aromatic heterocycles. The second-order valence-corrected chi connectivity index (χ2v) is 7.89. The number of carbonyl (C=O) groups is 2. The number of anilines is 3. The zero-order valence-corrected chi connectivity index (χ0v) is 18.8. The van der Waals surface area contributed by atoms with Crippen LogP contribution in [0.5, 0.6) is 0 Å². The van der Waals surface area contributed by atoms with Crippen LogP contribution in [0.1, 0.15) is 40.0 Å². The van der Waals surface area contributed by atoms with Crippen LogP contribution >= 0.6 is 0 Å². The molecule has 0 aliphatic heterocycles. The Hall–Kier alpha value is -3.56. The van der Waals surface area contributed by atoms with Crippen molar-refractivity contribution in [1.29, 1.82) is 0 Å². The Kier molecular flexibility index (Phi) is 9.06. The van der Waals surface area contributed by atoms with Gasteiger partial charge in [0.1, 0.15) is 5.82 Å². The molecule has 10 heteroatoms. The quantitative estimate of drug-likeness (QED) is 0.444. The number of benzene rings is 1. The Morgan fingerprint density at radius 2 is 1.88 bits per heavy atom.